The molecule has 3 N–H and O–H groups in total. The van der Waals surface area contributed by atoms with Crippen molar-refractivity contribution in [3.05, 3.63) is 71.5 Å². The Balaban J connectivity index is 0.00000274. The molecular formula is C25H27ClN6O2. The summed E-state index contributed by atoms with van der Waals surface area (Å²) >= 11 is 5.97. The number of pyridine rings is 1. The first-order chi connectivity index (χ1) is 16.0. The third kappa shape index (κ3) is 5.13. The van der Waals surface area contributed by atoms with Gasteiger partial charge in [0.2, 0.25) is 5.95 Å². The van der Waals surface area contributed by atoms with Gasteiger partial charge in [0.05, 0.1) is 11.0 Å². The minimum atomic E-state index is -0.202. The van der Waals surface area contributed by atoms with Crippen LogP contribution < -0.4 is 20.7 Å². The van der Waals surface area contributed by atoms with Gasteiger partial charge in [-0.15, -0.1) is 0 Å². The summed E-state index contributed by atoms with van der Waals surface area (Å²) < 4.78 is 7.98. The molecule has 1 aliphatic rings. The van der Waals surface area contributed by atoms with E-state index in [1.807, 2.05) is 54.1 Å². The van der Waals surface area contributed by atoms with Crippen molar-refractivity contribution in [3.8, 4) is 11.5 Å². The summed E-state index contributed by atoms with van der Waals surface area (Å²) in [5.74, 6) is 1.66. The van der Waals surface area contributed by atoms with Crippen LogP contribution in [0.4, 0.5) is 11.6 Å². The zero-order valence-electron chi connectivity index (χ0n) is 18.0. The van der Waals surface area contributed by atoms with E-state index in [9.17, 15) is 4.79 Å². The van der Waals surface area contributed by atoms with Gasteiger partial charge in [-0.05, 0) is 55.4 Å². The van der Waals surface area contributed by atoms with Crippen molar-refractivity contribution < 1.29 is 9.53 Å². The molecule has 1 amide bonds. The molecule has 2 aromatic heterocycles. The molecule has 8 nitrogen and oxygen atoms in total. The molecule has 0 aliphatic carbocycles. The van der Waals surface area contributed by atoms with E-state index in [1.165, 1.54) is 0 Å². The van der Waals surface area contributed by atoms with E-state index in [-0.39, 0.29) is 19.4 Å². The van der Waals surface area contributed by atoms with Gasteiger partial charge in [-0.1, -0.05) is 19.0 Å². The van der Waals surface area contributed by atoms with Gasteiger partial charge in [0.1, 0.15) is 17.2 Å². The molecule has 0 spiro atoms. The fourth-order valence-electron chi connectivity index (χ4n) is 3.79. The molecule has 2 aromatic carbocycles. The van der Waals surface area contributed by atoms with Gasteiger partial charge in [0.25, 0.3) is 5.91 Å². The average molecular weight is 479 g/mol. The van der Waals surface area contributed by atoms with Crippen molar-refractivity contribution in [2.75, 3.05) is 18.4 Å². The lowest BCUT2D eigenvalue weighted by atomic mass is 10.2. The zero-order chi connectivity index (χ0) is 22.8. The highest BCUT2D eigenvalue weighted by atomic mass is 35.5. The number of aryl methyl sites for hydroxylation is 1. The van der Waals surface area contributed by atoms with Crippen molar-refractivity contribution in [3.63, 3.8) is 0 Å². The number of nitrogens with zero attached hydrogens (tertiary/aromatic N) is 3. The Bertz CT molecular complexity index is 1300. The van der Waals surface area contributed by atoms with E-state index < -0.39 is 0 Å². The number of imidazole rings is 1. The van der Waals surface area contributed by atoms with E-state index >= 15 is 0 Å². The second kappa shape index (κ2) is 10.1. The molecule has 1 aliphatic heterocycles. The van der Waals surface area contributed by atoms with E-state index in [2.05, 4.69) is 20.9 Å². The fourth-order valence-corrected chi connectivity index (χ4v) is 3.92. The topological polar surface area (TPSA) is 93.1 Å². The summed E-state index contributed by atoms with van der Waals surface area (Å²) in [6.07, 6.45) is 2.49. The van der Waals surface area contributed by atoms with Crippen molar-refractivity contribution in [2.24, 2.45) is 7.05 Å². The number of anilines is 2. The number of hydrogen-bond acceptors (Lipinski definition) is 6. The van der Waals surface area contributed by atoms with Crippen molar-refractivity contribution in [1.29, 1.82) is 0 Å². The van der Waals surface area contributed by atoms with E-state index in [0.29, 0.717) is 28.2 Å². The van der Waals surface area contributed by atoms with Gasteiger partial charge < -0.3 is 25.3 Å². The highest BCUT2D eigenvalue weighted by Crippen LogP contribution is 2.28. The summed E-state index contributed by atoms with van der Waals surface area (Å²) in [6, 6.07) is 16.6. The number of halogens is 1. The molecule has 1 atom stereocenters. The monoisotopic (exact) mass is 478 g/mol. The minimum Gasteiger partial charge on any atom is -0.457 e. The van der Waals surface area contributed by atoms with Crippen LogP contribution in [-0.4, -0.2) is 39.6 Å². The van der Waals surface area contributed by atoms with Crippen LogP contribution in [0.3, 0.4) is 0 Å². The summed E-state index contributed by atoms with van der Waals surface area (Å²) in [6.45, 7) is 1.69. The Labute approximate surface area is 203 Å². The molecule has 4 aromatic rings. The van der Waals surface area contributed by atoms with Crippen LogP contribution in [0.1, 0.15) is 24.3 Å². The van der Waals surface area contributed by atoms with Crippen molar-refractivity contribution >= 4 is 40.2 Å². The zero-order valence-corrected chi connectivity index (χ0v) is 18.8. The minimum absolute atomic E-state index is 0. The number of fused-ring (bicyclic) bond motifs is 1. The number of aromatic nitrogens is 3. The van der Waals surface area contributed by atoms with Gasteiger partial charge in [0, 0.05) is 48.7 Å². The number of nitrogens with one attached hydrogen (secondary N) is 3. The molecule has 5 rings (SSSR count). The van der Waals surface area contributed by atoms with E-state index in [1.54, 1.807) is 18.3 Å². The quantitative estimate of drug-likeness (QED) is 0.365. The van der Waals surface area contributed by atoms with Crippen molar-refractivity contribution in [2.45, 2.75) is 19.9 Å². The summed E-state index contributed by atoms with van der Waals surface area (Å²) in [7, 11) is 1.95. The fraction of sp³-hybridized carbons (Fsp3) is 0.240. The third-order valence-corrected chi connectivity index (χ3v) is 5.80. The van der Waals surface area contributed by atoms with Gasteiger partial charge in [-0.3, -0.25) is 9.78 Å². The van der Waals surface area contributed by atoms with Crippen LogP contribution in [0.25, 0.3) is 11.0 Å². The van der Waals surface area contributed by atoms with Gasteiger partial charge in [0.15, 0.2) is 0 Å². The Hall–Kier alpha value is -3.62. The van der Waals surface area contributed by atoms with E-state index in [0.717, 1.165) is 36.2 Å². The summed E-state index contributed by atoms with van der Waals surface area (Å²) in [5.41, 5.74) is 2.96. The SMILES string of the molecule is C.Cn1c(Nc2ccc(Cl)cc2)nc2cc(Oc3ccnc(C(=O)N[C@@H]4CCNC4)c3)ccc21. The first-order valence-electron chi connectivity index (χ1n) is 10.7. The van der Waals surface area contributed by atoms with Crippen LogP contribution in [-0.2, 0) is 7.05 Å². The number of carbonyl (C=O) groups is 1. The van der Waals surface area contributed by atoms with Gasteiger partial charge >= 0.3 is 0 Å². The second-order valence-corrected chi connectivity index (χ2v) is 8.36. The Morgan fingerprint density at radius 3 is 2.71 bits per heavy atom. The van der Waals surface area contributed by atoms with Crippen LogP contribution >= 0.6 is 11.6 Å². The Kier molecular flexibility index (Phi) is 7.00. The standard InChI is InChI=1S/C24H23ClN6O2.CH4/c1-31-22-7-6-18(12-20(22)30-24(31)29-16-4-2-15(25)3-5-16)33-19-9-11-27-21(13-19)23(32)28-17-8-10-26-14-17;/h2-7,9,11-13,17,26H,8,10,14H2,1H3,(H,28,32)(H,29,30);1H4/t17-;/m1./s1. The molecule has 9 heteroatoms. The molecule has 3 heterocycles. The summed E-state index contributed by atoms with van der Waals surface area (Å²) in [4.78, 5) is 21.4. The largest absolute Gasteiger partial charge is 0.457 e. The smallest absolute Gasteiger partial charge is 0.270 e. The molecule has 0 bridgehead atoms. The third-order valence-electron chi connectivity index (χ3n) is 5.55. The summed E-state index contributed by atoms with van der Waals surface area (Å²) in [5, 5.41) is 10.2. The molecule has 1 fully saturated rings. The maximum absolute atomic E-state index is 12.5. The normalized spacial score (nSPS) is 15.1. The maximum atomic E-state index is 12.5. The average Bonchev–Trinajstić information content (AvgIpc) is 3.43. The highest BCUT2D eigenvalue weighted by Gasteiger charge is 2.18. The lowest BCUT2D eigenvalue weighted by molar-refractivity contribution is 0.0934. The van der Waals surface area contributed by atoms with Crippen LogP contribution in [0.15, 0.2) is 60.8 Å². The lowest BCUT2D eigenvalue weighted by Gasteiger charge is -2.11. The number of rotatable bonds is 6. The number of ether oxygens (including phenoxy) is 1. The van der Waals surface area contributed by atoms with E-state index in [4.69, 9.17) is 21.3 Å². The van der Waals surface area contributed by atoms with Crippen molar-refractivity contribution in [1.82, 2.24) is 25.2 Å². The molecule has 1 saturated heterocycles. The predicted molar refractivity (Wildman–Crippen MR) is 135 cm³/mol. The molecule has 176 valence electrons. The number of amides is 1. The molecule has 0 radical (unpaired) electrons. The molecular weight excluding hydrogens is 452 g/mol. The molecule has 0 saturated carbocycles. The lowest BCUT2D eigenvalue weighted by Crippen LogP contribution is -2.36. The van der Waals surface area contributed by atoms with Crippen LogP contribution in [0, 0.1) is 0 Å². The van der Waals surface area contributed by atoms with Gasteiger partial charge in [-0.25, -0.2) is 4.98 Å². The van der Waals surface area contributed by atoms with Crippen LogP contribution in [0.5, 0.6) is 11.5 Å². The van der Waals surface area contributed by atoms with Crippen LogP contribution in [0.2, 0.25) is 5.02 Å². The number of benzene rings is 2. The Morgan fingerprint density at radius 1 is 1.15 bits per heavy atom. The number of carbonyl (C=O) groups excluding carboxylic acids is 1. The second-order valence-electron chi connectivity index (χ2n) is 7.92. The first kappa shape index (κ1) is 23.5. The first-order valence-corrected chi connectivity index (χ1v) is 11.1. The number of hydrogen-bond donors (Lipinski definition) is 3. The maximum Gasteiger partial charge on any atom is 0.270 e. The molecule has 34 heavy (non-hydrogen) atoms. The van der Waals surface area contributed by atoms with Gasteiger partial charge in [-0.2, -0.15) is 0 Å². The Morgan fingerprint density at radius 2 is 1.94 bits per heavy atom. The molecule has 0 unspecified atom stereocenters. The predicted octanol–water partition coefficient (Wildman–Crippen LogP) is 4.89. The highest BCUT2D eigenvalue weighted by molar-refractivity contribution is 6.30.